The van der Waals surface area contributed by atoms with Gasteiger partial charge in [-0.2, -0.15) is 0 Å². The minimum atomic E-state index is -0.725. The smallest absolute Gasteiger partial charge is 0.311 e. The summed E-state index contributed by atoms with van der Waals surface area (Å²) in [5.41, 5.74) is 0.198. The van der Waals surface area contributed by atoms with Crippen molar-refractivity contribution in [2.24, 2.45) is 11.3 Å². The molecule has 1 unspecified atom stereocenters. The first kappa shape index (κ1) is 15.4. The van der Waals surface area contributed by atoms with E-state index in [1.165, 1.54) is 6.07 Å². The summed E-state index contributed by atoms with van der Waals surface area (Å²) in [6, 6.07) is 5.05. The highest BCUT2D eigenvalue weighted by atomic mass is 79.9. The molecule has 1 atom stereocenters. The van der Waals surface area contributed by atoms with E-state index < -0.39 is 11.4 Å². The van der Waals surface area contributed by atoms with E-state index in [0.717, 1.165) is 12.1 Å². The van der Waals surface area contributed by atoms with Crippen molar-refractivity contribution in [2.75, 3.05) is 13.1 Å². The number of aliphatic carboxylic acids is 1. The van der Waals surface area contributed by atoms with Crippen molar-refractivity contribution in [3.05, 3.63) is 34.1 Å². The zero-order chi connectivity index (χ0) is 14.9. The van der Waals surface area contributed by atoms with Crippen LogP contribution in [-0.2, 0) is 11.3 Å². The van der Waals surface area contributed by atoms with Gasteiger partial charge in [-0.3, -0.25) is 9.69 Å². The second-order valence-corrected chi connectivity index (χ2v) is 6.68. The van der Waals surface area contributed by atoms with Crippen LogP contribution in [0, 0.1) is 17.2 Å². The standard InChI is InChI=1S/C15H19BrFNO2/c1-10(2)15(14(19)20)5-6-18(9-15)8-11-3-4-12(16)13(17)7-11/h3-4,7,10H,5-6,8-9H2,1-2H3,(H,19,20). The van der Waals surface area contributed by atoms with E-state index in [4.69, 9.17) is 0 Å². The maximum absolute atomic E-state index is 13.5. The summed E-state index contributed by atoms with van der Waals surface area (Å²) in [5.74, 6) is -0.918. The highest BCUT2D eigenvalue weighted by Gasteiger charge is 2.47. The molecule has 1 fully saturated rings. The number of hydrogen-bond donors (Lipinski definition) is 1. The van der Waals surface area contributed by atoms with Gasteiger partial charge in [0.25, 0.3) is 0 Å². The molecule has 1 saturated heterocycles. The van der Waals surface area contributed by atoms with E-state index in [0.29, 0.717) is 24.0 Å². The predicted octanol–water partition coefficient (Wildman–Crippen LogP) is 3.52. The third kappa shape index (κ3) is 2.88. The fourth-order valence-electron chi connectivity index (χ4n) is 2.84. The van der Waals surface area contributed by atoms with Crippen LogP contribution in [0.25, 0.3) is 0 Å². The molecule has 0 bridgehead atoms. The van der Waals surface area contributed by atoms with Gasteiger partial charge in [-0.25, -0.2) is 4.39 Å². The molecule has 1 aromatic rings. The van der Waals surface area contributed by atoms with Gasteiger partial charge in [0.15, 0.2) is 0 Å². The van der Waals surface area contributed by atoms with Gasteiger partial charge >= 0.3 is 5.97 Å². The molecule has 3 nitrogen and oxygen atoms in total. The molecule has 0 saturated carbocycles. The molecule has 0 spiro atoms. The van der Waals surface area contributed by atoms with E-state index in [2.05, 4.69) is 20.8 Å². The Morgan fingerprint density at radius 2 is 2.25 bits per heavy atom. The summed E-state index contributed by atoms with van der Waals surface area (Å²) >= 11 is 3.13. The maximum Gasteiger partial charge on any atom is 0.311 e. The molecule has 0 amide bonds. The largest absolute Gasteiger partial charge is 0.481 e. The van der Waals surface area contributed by atoms with Crippen molar-refractivity contribution in [1.82, 2.24) is 4.90 Å². The number of hydrogen-bond acceptors (Lipinski definition) is 2. The molecule has 1 aliphatic heterocycles. The molecule has 1 aromatic carbocycles. The summed E-state index contributed by atoms with van der Waals surface area (Å²) in [6.07, 6.45) is 0.652. The third-order valence-electron chi connectivity index (χ3n) is 4.30. The fraction of sp³-hybridized carbons (Fsp3) is 0.533. The number of benzene rings is 1. The van der Waals surface area contributed by atoms with Gasteiger partial charge in [-0.05, 0) is 52.5 Å². The van der Waals surface area contributed by atoms with Gasteiger partial charge in [0.1, 0.15) is 5.82 Å². The van der Waals surface area contributed by atoms with Gasteiger partial charge in [-0.15, -0.1) is 0 Å². The van der Waals surface area contributed by atoms with E-state index in [1.807, 2.05) is 19.9 Å². The topological polar surface area (TPSA) is 40.5 Å². The Balaban J connectivity index is 2.09. The van der Waals surface area contributed by atoms with Crippen molar-refractivity contribution in [1.29, 1.82) is 0 Å². The van der Waals surface area contributed by atoms with Crippen LogP contribution in [0.5, 0.6) is 0 Å². The Morgan fingerprint density at radius 1 is 1.55 bits per heavy atom. The summed E-state index contributed by atoms with van der Waals surface area (Å²) in [6.45, 7) is 5.76. The number of carbonyl (C=O) groups is 1. The van der Waals surface area contributed by atoms with Crippen LogP contribution in [0.2, 0.25) is 0 Å². The van der Waals surface area contributed by atoms with Crippen LogP contribution in [0.15, 0.2) is 22.7 Å². The lowest BCUT2D eigenvalue weighted by molar-refractivity contribution is -0.151. The first-order valence-corrected chi connectivity index (χ1v) is 7.54. The van der Waals surface area contributed by atoms with Crippen LogP contribution in [0.3, 0.4) is 0 Å². The summed E-state index contributed by atoms with van der Waals surface area (Å²) in [5, 5.41) is 9.51. The molecule has 0 radical (unpaired) electrons. The zero-order valence-corrected chi connectivity index (χ0v) is 13.3. The second kappa shape index (κ2) is 5.82. The average molecular weight is 344 g/mol. The molecule has 5 heteroatoms. The first-order chi connectivity index (χ1) is 9.35. The van der Waals surface area contributed by atoms with Gasteiger partial charge in [0.2, 0.25) is 0 Å². The first-order valence-electron chi connectivity index (χ1n) is 6.75. The Labute approximate surface area is 126 Å². The fourth-order valence-corrected chi connectivity index (χ4v) is 3.09. The highest BCUT2D eigenvalue weighted by Crippen LogP contribution is 2.38. The predicted molar refractivity (Wildman–Crippen MR) is 78.9 cm³/mol. The van der Waals surface area contributed by atoms with E-state index >= 15 is 0 Å². The number of rotatable bonds is 4. The van der Waals surface area contributed by atoms with Crippen molar-refractivity contribution in [3.63, 3.8) is 0 Å². The quantitative estimate of drug-likeness (QED) is 0.909. The highest BCUT2D eigenvalue weighted by molar-refractivity contribution is 9.10. The zero-order valence-electron chi connectivity index (χ0n) is 11.7. The number of carboxylic acids is 1. The van der Waals surface area contributed by atoms with Gasteiger partial charge in [0.05, 0.1) is 9.89 Å². The molecule has 0 aliphatic carbocycles. The van der Waals surface area contributed by atoms with Crippen LogP contribution >= 0.6 is 15.9 Å². The third-order valence-corrected chi connectivity index (χ3v) is 4.94. The minimum Gasteiger partial charge on any atom is -0.481 e. The molecule has 0 aromatic heterocycles. The average Bonchev–Trinajstić information content (AvgIpc) is 2.79. The van der Waals surface area contributed by atoms with Crippen molar-refractivity contribution < 1.29 is 14.3 Å². The van der Waals surface area contributed by atoms with Crippen LogP contribution in [-0.4, -0.2) is 29.1 Å². The van der Waals surface area contributed by atoms with Gasteiger partial charge in [0, 0.05) is 13.1 Å². The Morgan fingerprint density at radius 3 is 2.75 bits per heavy atom. The van der Waals surface area contributed by atoms with Crippen molar-refractivity contribution in [2.45, 2.75) is 26.8 Å². The van der Waals surface area contributed by atoms with Crippen molar-refractivity contribution >= 4 is 21.9 Å². The lowest BCUT2D eigenvalue weighted by Gasteiger charge is -2.28. The number of nitrogens with zero attached hydrogens (tertiary/aromatic N) is 1. The Hall–Kier alpha value is -0.940. The monoisotopic (exact) mass is 343 g/mol. The second-order valence-electron chi connectivity index (χ2n) is 5.83. The SMILES string of the molecule is CC(C)C1(C(=O)O)CCN(Cc2ccc(Br)c(F)c2)C1. The molecular weight excluding hydrogens is 325 g/mol. The number of likely N-dealkylation sites (tertiary alicyclic amines) is 1. The summed E-state index contributed by atoms with van der Waals surface area (Å²) in [7, 11) is 0. The van der Waals surface area contributed by atoms with E-state index in [1.54, 1.807) is 6.07 Å². The van der Waals surface area contributed by atoms with E-state index in [-0.39, 0.29) is 11.7 Å². The molecule has 1 heterocycles. The lowest BCUT2D eigenvalue weighted by atomic mass is 9.76. The van der Waals surface area contributed by atoms with Crippen LogP contribution in [0.4, 0.5) is 4.39 Å². The normalized spacial score (nSPS) is 23.4. The Bertz CT molecular complexity index is 521. The molecule has 1 aliphatic rings. The maximum atomic E-state index is 13.5. The van der Waals surface area contributed by atoms with Gasteiger partial charge in [-0.1, -0.05) is 19.9 Å². The molecule has 1 N–H and O–H groups in total. The van der Waals surface area contributed by atoms with Gasteiger partial charge < -0.3 is 5.11 Å². The number of carboxylic acid groups (broad SMARTS) is 1. The molecule has 2 rings (SSSR count). The Kier molecular flexibility index (Phi) is 4.49. The molecule has 110 valence electrons. The van der Waals surface area contributed by atoms with Crippen LogP contribution < -0.4 is 0 Å². The van der Waals surface area contributed by atoms with E-state index in [9.17, 15) is 14.3 Å². The summed E-state index contributed by atoms with van der Waals surface area (Å²) < 4.78 is 14.0. The molecule has 20 heavy (non-hydrogen) atoms. The van der Waals surface area contributed by atoms with Crippen LogP contribution in [0.1, 0.15) is 25.8 Å². The number of halogens is 2. The van der Waals surface area contributed by atoms with Crippen molar-refractivity contribution in [3.8, 4) is 0 Å². The molecular formula is C15H19BrFNO2. The lowest BCUT2D eigenvalue weighted by Crippen LogP contribution is -2.39. The summed E-state index contributed by atoms with van der Waals surface area (Å²) in [4.78, 5) is 13.7. The minimum absolute atomic E-state index is 0.0895.